The first kappa shape index (κ1) is 15.8. The molecule has 0 fully saturated rings. The lowest BCUT2D eigenvalue weighted by atomic mass is 9.96. The lowest BCUT2D eigenvalue weighted by Crippen LogP contribution is -2.35. The first-order chi connectivity index (χ1) is 8.02. The highest BCUT2D eigenvalue weighted by Gasteiger charge is 2.18. The Balaban J connectivity index is 0. The van der Waals surface area contributed by atoms with E-state index in [0.29, 0.717) is 5.56 Å². The smallest absolute Gasteiger partial charge is 0.152 e. The average molecular weight is 241 g/mol. The van der Waals surface area contributed by atoms with Crippen LogP contribution in [0, 0.1) is 11.7 Å². The Morgan fingerprint density at radius 2 is 1.88 bits per heavy atom. The normalized spacial score (nSPS) is 11.7. The molecule has 98 valence electrons. The number of carbonyl (C=O) groups is 1. The third-order valence-corrected chi connectivity index (χ3v) is 2.33. The molecule has 1 aromatic rings. The second-order valence-electron chi connectivity index (χ2n) is 3.96. The van der Waals surface area contributed by atoms with Crippen LogP contribution in [0.2, 0.25) is 0 Å². The lowest BCUT2D eigenvalue weighted by Gasteiger charge is -2.13. The number of rotatable bonds is 4. The standard InChI is InChI=1S/C12H16FNO.C2H6.H2/c1-8(2)12(15)11(14)7-9-5-3-4-6-10(9)13;1-2;/h3-6,8,11H,7,14H2,1-2H3;1-2H3;1H/t11-;;/m0../s1. The van der Waals surface area contributed by atoms with Crippen molar-refractivity contribution in [1.82, 2.24) is 0 Å². The summed E-state index contributed by atoms with van der Waals surface area (Å²) in [5, 5.41) is 0. The highest BCUT2D eigenvalue weighted by atomic mass is 19.1. The summed E-state index contributed by atoms with van der Waals surface area (Å²) in [5.41, 5.74) is 6.20. The van der Waals surface area contributed by atoms with E-state index < -0.39 is 6.04 Å². The number of ketones is 1. The minimum atomic E-state index is -0.609. The van der Waals surface area contributed by atoms with Gasteiger partial charge in [0, 0.05) is 7.34 Å². The van der Waals surface area contributed by atoms with Crippen LogP contribution in [0.1, 0.15) is 34.7 Å². The van der Waals surface area contributed by atoms with E-state index in [0.717, 1.165) is 0 Å². The van der Waals surface area contributed by atoms with E-state index in [1.807, 2.05) is 13.8 Å². The molecule has 3 heteroatoms. The van der Waals surface area contributed by atoms with E-state index in [1.54, 1.807) is 32.0 Å². The van der Waals surface area contributed by atoms with Crippen molar-refractivity contribution in [2.75, 3.05) is 0 Å². The molecular formula is C14H24FNO. The van der Waals surface area contributed by atoms with E-state index in [1.165, 1.54) is 6.07 Å². The van der Waals surface area contributed by atoms with Crippen molar-refractivity contribution in [1.29, 1.82) is 0 Å². The molecule has 0 aromatic heterocycles. The van der Waals surface area contributed by atoms with Gasteiger partial charge in [-0.1, -0.05) is 45.9 Å². The minimum absolute atomic E-state index is 0. The van der Waals surface area contributed by atoms with Crippen molar-refractivity contribution in [3.63, 3.8) is 0 Å². The maximum atomic E-state index is 13.2. The fourth-order valence-electron chi connectivity index (χ4n) is 1.43. The first-order valence-electron chi connectivity index (χ1n) is 6.05. The largest absolute Gasteiger partial charge is 0.321 e. The highest BCUT2D eigenvalue weighted by Crippen LogP contribution is 2.10. The third kappa shape index (κ3) is 5.09. The Labute approximate surface area is 105 Å². The number of benzene rings is 1. The summed E-state index contributed by atoms with van der Waals surface area (Å²) in [6.45, 7) is 7.59. The van der Waals surface area contributed by atoms with Crippen LogP contribution in [-0.4, -0.2) is 11.8 Å². The van der Waals surface area contributed by atoms with Gasteiger partial charge >= 0.3 is 0 Å². The summed E-state index contributed by atoms with van der Waals surface area (Å²) in [7, 11) is 0. The van der Waals surface area contributed by atoms with Crippen molar-refractivity contribution >= 4 is 5.78 Å². The molecule has 0 radical (unpaired) electrons. The molecule has 0 aliphatic heterocycles. The van der Waals surface area contributed by atoms with Crippen LogP contribution in [0.3, 0.4) is 0 Å². The highest BCUT2D eigenvalue weighted by molar-refractivity contribution is 5.85. The van der Waals surface area contributed by atoms with Gasteiger partial charge < -0.3 is 5.73 Å². The predicted molar refractivity (Wildman–Crippen MR) is 71.4 cm³/mol. The third-order valence-electron chi connectivity index (χ3n) is 2.33. The number of nitrogens with two attached hydrogens (primary N) is 1. The van der Waals surface area contributed by atoms with Crippen LogP contribution in [0.15, 0.2) is 24.3 Å². The fourth-order valence-corrected chi connectivity index (χ4v) is 1.43. The summed E-state index contributed by atoms with van der Waals surface area (Å²) in [6, 6.07) is 5.78. The van der Waals surface area contributed by atoms with Crippen LogP contribution >= 0.6 is 0 Å². The van der Waals surface area contributed by atoms with Gasteiger partial charge in [0.25, 0.3) is 0 Å². The van der Waals surface area contributed by atoms with Gasteiger partial charge in [-0.25, -0.2) is 4.39 Å². The van der Waals surface area contributed by atoms with Crippen LogP contribution in [0.5, 0.6) is 0 Å². The average Bonchev–Trinajstić information content (AvgIpc) is 2.33. The second-order valence-corrected chi connectivity index (χ2v) is 3.96. The maximum Gasteiger partial charge on any atom is 0.152 e. The molecule has 0 heterocycles. The molecule has 1 rings (SSSR count). The van der Waals surface area contributed by atoms with Gasteiger partial charge in [0.15, 0.2) is 5.78 Å². The number of Topliss-reactive ketones (excluding diaryl/α,β-unsaturated/α-hetero) is 1. The fraction of sp³-hybridized carbons (Fsp3) is 0.500. The zero-order valence-corrected chi connectivity index (χ0v) is 11.0. The monoisotopic (exact) mass is 241 g/mol. The number of carbonyl (C=O) groups excluding carboxylic acids is 1. The van der Waals surface area contributed by atoms with Crippen LogP contribution in [0.4, 0.5) is 4.39 Å². The van der Waals surface area contributed by atoms with E-state index >= 15 is 0 Å². The molecule has 0 saturated heterocycles. The van der Waals surface area contributed by atoms with E-state index in [2.05, 4.69) is 0 Å². The van der Waals surface area contributed by atoms with Crippen LogP contribution in [-0.2, 0) is 11.2 Å². The molecule has 0 amide bonds. The van der Waals surface area contributed by atoms with Crippen molar-refractivity contribution in [3.8, 4) is 0 Å². The Morgan fingerprint density at radius 3 is 2.35 bits per heavy atom. The van der Waals surface area contributed by atoms with Crippen LogP contribution < -0.4 is 5.73 Å². The quantitative estimate of drug-likeness (QED) is 0.879. The van der Waals surface area contributed by atoms with Crippen molar-refractivity contribution in [3.05, 3.63) is 35.6 Å². The summed E-state index contributed by atoms with van der Waals surface area (Å²) < 4.78 is 13.2. The summed E-state index contributed by atoms with van der Waals surface area (Å²) in [5.74, 6) is -0.436. The van der Waals surface area contributed by atoms with Crippen LogP contribution in [0.25, 0.3) is 0 Å². The van der Waals surface area contributed by atoms with Gasteiger partial charge in [0.2, 0.25) is 0 Å². The molecular weight excluding hydrogens is 217 g/mol. The number of hydrogen-bond acceptors (Lipinski definition) is 2. The van der Waals surface area contributed by atoms with Gasteiger partial charge in [-0.05, 0) is 18.1 Å². The summed E-state index contributed by atoms with van der Waals surface area (Å²) in [4.78, 5) is 11.5. The van der Waals surface area contributed by atoms with E-state index in [4.69, 9.17) is 5.73 Å². The Bertz CT molecular complexity index is 355. The molecule has 0 aliphatic carbocycles. The molecule has 1 aromatic carbocycles. The van der Waals surface area contributed by atoms with Crippen molar-refractivity contribution < 1.29 is 10.6 Å². The molecule has 0 aliphatic rings. The minimum Gasteiger partial charge on any atom is -0.321 e. The number of halogens is 1. The summed E-state index contributed by atoms with van der Waals surface area (Å²) >= 11 is 0. The van der Waals surface area contributed by atoms with E-state index in [-0.39, 0.29) is 25.4 Å². The van der Waals surface area contributed by atoms with E-state index in [9.17, 15) is 9.18 Å². The van der Waals surface area contributed by atoms with Gasteiger partial charge in [0.05, 0.1) is 6.04 Å². The topological polar surface area (TPSA) is 43.1 Å². The first-order valence-corrected chi connectivity index (χ1v) is 6.05. The summed E-state index contributed by atoms with van der Waals surface area (Å²) in [6.07, 6.45) is 0.268. The molecule has 0 unspecified atom stereocenters. The zero-order valence-electron chi connectivity index (χ0n) is 11.0. The van der Waals surface area contributed by atoms with Crippen molar-refractivity contribution in [2.45, 2.75) is 40.2 Å². The molecule has 17 heavy (non-hydrogen) atoms. The van der Waals surface area contributed by atoms with Gasteiger partial charge in [-0.2, -0.15) is 0 Å². The Kier molecular flexibility index (Phi) is 7.39. The molecule has 2 nitrogen and oxygen atoms in total. The molecule has 2 N–H and O–H groups in total. The molecule has 0 saturated carbocycles. The van der Waals surface area contributed by atoms with Gasteiger partial charge in [0.1, 0.15) is 5.82 Å². The second kappa shape index (κ2) is 7.96. The SMILES string of the molecule is CC.CC(C)C(=O)[C@@H](N)Cc1ccccc1F.[HH]. The van der Waals surface area contributed by atoms with Gasteiger partial charge in [-0.3, -0.25) is 4.79 Å². The Hall–Kier alpha value is -1.22. The number of hydrogen-bond donors (Lipinski definition) is 1. The molecule has 0 bridgehead atoms. The molecule has 0 spiro atoms. The zero-order chi connectivity index (χ0) is 13.4. The predicted octanol–water partition coefficient (Wildman–Crippen LogP) is 3.19. The lowest BCUT2D eigenvalue weighted by molar-refractivity contribution is -0.123. The Morgan fingerprint density at radius 1 is 1.35 bits per heavy atom. The maximum absolute atomic E-state index is 13.2. The molecule has 1 atom stereocenters. The van der Waals surface area contributed by atoms with Gasteiger partial charge in [-0.15, -0.1) is 0 Å². The van der Waals surface area contributed by atoms with Crippen molar-refractivity contribution in [2.24, 2.45) is 11.7 Å².